The van der Waals surface area contributed by atoms with E-state index in [4.69, 9.17) is 0 Å². The van der Waals surface area contributed by atoms with E-state index in [2.05, 4.69) is 0 Å². The van der Waals surface area contributed by atoms with Crippen molar-refractivity contribution in [2.75, 3.05) is 6.54 Å². The van der Waals surface area contributed by atoms with Crippen molar-refractivity contribution in [3.63, 3.8) is 0 Å². The van der Waals surface area contributed by atoms with E-state index in [1.54, 1.807) is 42.5 Å². The van der Waals surface area contributed by atoms with Gasteiger partial charge in [-0.3, -0.25) is 0 Å². The molecule has 1 aliphatic heterocycles. The molecule has 2 aromatic rings. The number of sulfonamides is 1. The zero-order valence-electron chi connectivity index (χ0n) is 10.0. The largest absolute Gasteiger partial charge is 0.243 e. The van der Waals surface area contributed by atoms with E-state index in [-0.39, 0.29) is 16.8 Å². The summed E-state index contributed by atoms with van der Waals surface area (Å²) in [5.74, 6) is -0.346. The van der Waals surface area contributed by atoms with E-state index in [1.807, 2.05) is 0 Å². The molecule has 0 radical (unpaired) electrons. The maximum absolute atomic E-state index is 13.1. The van der Waals surface area contributed by atoms with Crippen LogP contribution in [0.25, 0.3) is 0 Å². The van der Waals surface area contributed by atoms with E-state index in [9.17, 15) is 12.8 Å². The molecule has 2 aromatic carbocycles. The Morgan fingerprint density at radius 2 is 1.79 bits per heavy atom. The van der Waals surface area contributed by atoms with E-state index < -0.39 is 10.0 Å². The van der Waals surface area contributed by atoms with Gasteiger partial charge in [-0.2, -0.15) is 4.31 Å². The second-order valence-electron chi connectivity index (χ2n) is 4.46. The Labute approximate surface area is 111 Å². The maximum atomic E-state index is 13.1. The topological polar surface area (TPSA) is 37.1 Å². The zero-order chi connectivity index (χ0) is 13.5. The summed E-state index contributed by atoms with van der Waals surface area (Å²) in [6.07, 6.45) is 0. The minimum atomic E-state index is -3.47. The Morgan fingerprint density at radius 1 is 1.05 bits per heavy atom. The van der Waals surface area contributed by atoms with Crippen molar-refractivity contribution in [3.05, 3.63) is 66.0 Å². The summed E-state index contributed by atoms with van der Waals surface area (Å²) in [5.41, 5.74) is 0.694. The second kappa shape index (κ2) is 4.43. The maximum Gasteiger partial charge on any atom is 0.243 e. The van der Waals surface area contributed by atoms with Gasteiger partial charge in [0.05, 0.1) is 10.9 Å². The van der Waals surface area contributed by atoms with Crippen LogP contribution in [0, 0.1) is 5.82 Å². The average Bonchev–Trinajstić information content (AvgIpc) is 3.21. The highest BCUT2D eigenvalue weighted by Gasteiger charge is 2.45. The smallest absolute Gasteiger partial charge is 0.207 e. The molecule has 0 bridgehead atoms. The fraction of sp³-hybridized carbons (Fsp3) is 0.143. The lowest BCUT2D eigenvalue weighted by atomic mass is 10.2. The summed E-state index contributed by atoms with van der Waals surface area (Å²) in [5, 5.41) is 0. The molecule has 98 valence electrons. The van der Waals surface area contributed by atoms with Crippen LogP contribution in [0.2, 0.25) is 0 Å². The van der Waals surface area contributed by atoms with E-state index in [1.165, 1.54) is 16.4 Å². The van der Waals surface area contributed by atoms with Crippen LogP contribution in [-0.2, 0) is 10.0 Å². The molecule has 0 N–H and O–H groups in total. The summed E-state index contributed by atoms with van der Waals surface area (Å²) in [6, 6.07) is 14.1. The Balaban J connectivity index is 1.87. The van der Waals surface area contributed by atoms with Gasteiger partial charge in [0.1, 0.15) is 5.82 Å². The lowest BCUT2D eigenvalue weighted by molar-refractivity contribution is 0.553. The minimum absolute atomic E-state index is 0.249. The Morgan fingerprint density at radius 3 is 2.47 bits per heavy atom. The fourth-order valence-corrected chi connectivity index (χ4v) is 3.67. The van der Waals surface area contributed by atoms with Crippen LogP contribution in [0.4, 0.5) is 4.39 Å². The van der Waals surface area contributed by atoms with E-state index in [0.29, 0.717) is 12.1 Å². The molecule has 0 saturated carbocycles. The Bertz CT molecular complexity index is 700. The number of benzene rings is 2. The SMILES string of the molecule is O=S(=O)(c1ccccc1)N1CC1c1cccc(F)c1. The number of hydrogen-bond acceptors (Lipinski definition) is 2. The van der Waals surface area contributed by atoms with Crippen molar-refractivity contribution in [2.45, 2.75) is 10.9 Å². The Hall–Kier alpha value is -1.72. The van der Waals surface area contributed by atoms with Crippen LogP contribution >= 0.6 is 0 Å². The van der Waals surface area contributed by atoms with Crippen molar-refractivity contribution in [1.82, 2.24) is 4.31 Å². The predicted octanol–water partition coefficient (Wildman–Crippen LogP) is 2.57. The molecule has 3 nitrogen and oxygen atoms in total. The highest BCUT2D eigenvalue weighted by Crippen LogP contribution is 2.40. The van der Waals surface area contributed by atoms with Crippen LogP contribution in [0.3, 0.4) is 0 Å². The quantitative estimate of drug-likeness (QED) is 0.809. The van der Waals surface area contributed by atoms with Crippen molar-refractivity contribution in [3.8, 4) is 0 Å². The molecule has 2 atom stereocenters. The third-order valence-electron chi connectivity index (χ3n) is 3.15. The van der Waals surface area contributed by atoms with Crippen molar-refractivity contribution < 1.29 is 12.8 Å². The first-order valence-corrected chi connectivity index (χ1v) is 7.35. The van der Waals surface area contributed by atoms with Crippen LogP contribution < -0.4 is 0 Å². The first kappa shape index (κ1) is 12.3. The standard InChI is InChI=1S/C14H12FNO2S/c15-12-6-4-5-11(9-12)14-10-16(14)19(17,18)13-7-2-1-3-8-13/h1-9,14H,10H2. The van der Waals surface area contributed by atoms with E-state index in [0.717, 1.165) is 0 Å². The van der Waals surface area contributed by atoms with Gasteiger partial charge in [-0.05, 0) is 29.8 Å². The van der Waals surface area contributed by atoms with Gasteiger partial charge in [0.25, 0.3) is 0 Å². The predicted molar refractivity (Wildman–Crippen MR) is 69.5 cm³/mol. The normalized spacial score (nSPS) is 22.2. The molecule has 0 amide bonds. The second-order valence-corrected chi connectivity index (χ2v) is 6.35. The van der Waals surface area contributed by atoms with E-state index >= 15 is 0 Å². The summed E-state index contributed by atoms with van der Waals surface area (Å²) < 4.78 is 39.1. The van der Waals surface area contributed by atoms with Crippen LogP contribution in [0.15, 0.2) is 59.5 Å². The molecule has 1 fully saturated rings. The number of rotatable bonds is 3. The molecule has 0 spiro atoms. The van der Waals surface area contributed by atoms with Gasteiger partial charge >= 0.3 is 0 Å². The molecule has 3 rings (SSSR count). The van der Waals surface area contributed by atoms with Gasteiger partial charge in [0, 0.05) is 6.54 Å². The minimum Gasteiger partial charge on any atom is -0.207 e. The lowest BCUT2D eigenvalue weighted by Gasteiger charge is -2.06. The molecule has 1 heterocycles. The van der Waals surface area contributed by atoms with Crippen LogP contribution in [0.1, 0.15) is 11.6 Å². The van der Waals surface area contributed by atoms with Crippen molar-refractivity contribution in [2.24, 2.45) is 0 Å². The molecule has 5 heteroatoms. The highest BCUT2D eigenvalue weighted by atomic mass is 32.2. The summed E-state index contributed by atoms with van der Waals surface area (Å²) in [4.78, 5) is 0.272. The average molecular weight is 277 g/mol. The van der Waals surface area contributed by atoms with Crippen LogP contribution in [-0.4, -0.2) is 19.3 Å². The number of hydrogen-bond donors (Lipinski definition) is 0. The summed E-state index contributed by atoms with van der Waals surface area (Å²) in [7, 11) is -3.47. The zero-order valence-corrected chi connectivity index (χ0v) is 10.8. The molecular weight excluding hydrogens is 265 g/mol. The van der Waals surface area contributed by atoms with Gasteiger partial charge in [0.15, 0.2) is 0 Å². The van der Waals surface area contributed by atoms with Crippen molar-refractivity contribution in [1.29, 1.82) is 0 Å². The first-order valence-electron chi connectivity index (χ1n) is 5.91. The first-order chi connectivity index (χ1) is 9.09. The molecule has 0 aliphatic carbocycles. The lowest BCUT2D eigenvalue weighted by Crippen LogP contribution is -2.12. The molecule has 19 heavy (non-hydrogen) atoms. The molecule has 2 unspecified atom stereocenters. The van der Waals surface area contributed by atoms with Crippen LogP contribution in [0.5, 0.6) is 0 Å². The van der Waals surface area contributed by atoms with Gasteiger partial charge in [-0.25, -0.2) is 12.8 Å². The summed E-state index contributed by atoms with van der Waals surface area (Å²) in [6.45, 7) is 0.403. The number of halogens is 1. The molecule has 1 aliphatic rings. The van der Waals surface area contributed by atoms with Gasteiger partial charge in [-0.15, -0.1) is 0 Å². The number of nitrogens with zero attached hydrogens (tertiary/aromatic N) is 1. The van der Waals surface area contributed by atoms with Crippen molar-refractivity contribution >= 4 is 10.0 Å². The molecule has 1 saturated heterocycles. The fourth-order valence-electron chi connectivity index (χ4n) is 2.10. The third-order valence-corrected chi connectivity index (χ3v) is 5.04. The highest BCUT2D eigenvalue weighted by molar-refractivity contribution is 7.89. The molecular formula is C14H12FNO2S. The van der Waals surface area contributed by atoms with Gasteiger partial charge in [0.2, 0.25) is 10.0 Å². The van der Waals surface area contributed by atoms with Gasteiger partial charge in [-0.1, -0.05) is 30.3 Å². The monoisotopic (exact) mass is 277 g/mol. The summed E-state index contributed by atoms with van der Waals surface area (Å²) >= 11 is 0. The van der Waals surface area contributed by atoms with Gasteiger partial charge < -0.3 is 0 Å². The Kier molecular flexibility index (Phi) is 2.88. The third kappa shape index (κ3) is 2.27. The molecule has 0 aromatic heterocycles.